The van der Waals surface area contributed by atoms with Crippen molar-refractivity contribution in [1.29, 1.82) is 0 Å². The average molecular weight is 432 g/mol. The molecule has 0 spiro atoms. The first-order valence-corrected chi connectivity index (χ1v) is 9.63. The van der Waals surface area contributed by atoms with Crippen LogP contribution >= 0.6 is 0 Å². The van der Waals surface area contributed by atoms with Gasteiger partial charge in [-0.25, -0.2) is 13.4 Å². The van der Waals surface area contributed by atoms with Gasteiger partial charge in [0.15, 0.2) is 0 Å². The number of alkyl halides is 3. The van der Waals surface area contributed by atoms with Crippen LogP contribution < -0.4 is 9.64 Å². The topological polar surface area (TPSA) is 113 Å². The molecule has 0 unspecified atom stereocenters. The van der Waals surface area contributed by atoms with E-state index in [1.54, 1.807) is 4.90 Å². The Morgan fingerprint density at radius 1 is 1.17 bits per heavy atom. The highest BCUT2D eigenvalue weighted by molar-refractivity contribution is 7.89. The molecule has 0 saturated carbocycles. The fourth-order valence-electron chi connectivity index (χ4n) is 2.87. The van der Waals surface area contributed by atoms with E-state index in [4.69, 9.17) is 0 Å². The normalized spacial score (nSPS) is 18.4. The second-order valence-electron chi connectivity index (χ2n) is 6.00. The molecule has 3 rings (SSSR count). The summed E-state index contributed by atoms with van der Waals surface area (Å²) in [4.78, 5) is 21.0. The lowest BCUT2D eigenvalue weighted by molar-refractivity contribution is -0.274. The summed E-state index contributed by atoms with van der Waals surface area (Å²) in [5.41, 5.74) is 0. The zero-order valence-electron chi connectivity index (χ0n) is 14.7. The van der Waals surface area contributed by atoms with E-state index in [1.165, 1.54) is 18.6 Å². The molecule has 1 fully saturated rings. The fourth-order valence-corrected chi connectivity index (χ4v) is 4.43. The standard InChI is InChI=1S/C16H15F3N4O5S/c17-16(18,19)28-11-1-3-12(4-2-11)29(26,27)23-8-7-22(10-13(23)15(24)25)14-9-20-5-6-21-14/h1-6,9,13H,7-8,10H2,(H,24,25)/t13-/m1/s1. The molecule has 1 atom stereocenters. The van der Waals surface area contributed by atoms with Crippen LogP contribution in [0.4, 0.5) is 19.0 Å². The molecule has 0 bridgehead atoms. The summed E-state index contributed by atoms with van der Waals surface area (Å²) in [7, 11) is -4.27. The SMILES string of the molecule is O=C(O)[C@H]1CN(c2cnccn2)CCN1S(=O)(=O)c1ccc(OC(F)(F)F)cc1. The Balaban J connectivity index is 1.83. The number of carbonyl (C=O) groups is 1. The van der Waals surface area contributed by atoms with Crippen molar-refractivity contribution >= 4 is 21.8 Å². The zero-order valence-corrected chi connectivity index (χ0v) is 15.5. The summed E-state index contributed by atoms with van der Waals surface area (Å²) < 4.78 is 67.1. The van der Waals surface area contributed by atoms with Crippen molar-refractivity contribution in [3.8, 4) is 5.75 Å². The molecule has 2 aromatic rings. The van der Waals surface area contributed by atoms with Gasteiger partial charge in [-0.3, -0.25) is 9.78 Å². The Morgan fingerprint density at radius 3 is 2.41 bits per heavy atom. The molecule has 0 amide bonds. The first-order valence-electron chi connectivity index (χ1n) is 8.19. The van der Waals surface area contributed by atoms with Crippen LogP contribution in [-0.2, 0) is 14.8 Å². The van der Waals surface area contributed by atoms with Gasteiger partial charge in [0.25, 0.3) is 0 Å². The molecule has 0 radical (unpaired) electrons. The maximum absolute atomic E-state index is 12.9. The number of rotatable bonds is 5. The molecule has 29 heavy (non-hydrogen) atoms. The number of anilines is 1. The molecule has 9 nitrogen and oxygen atoms in total. The van der Waals surface area contributed by atoms with Crippen LogP contribution in [0.25, 0.3) is 0 Å². The Labute approximate surface area is 163 Å². The summed E-state index contributed by atoms with van der Waals surface area (Å²) in [5.74, 6) is -1.54. The molecular weight excluding hydrogens is 417 g/mol. The minimum Gasteiger partial charge on any atom is -0.480 e. The molecule has 13 heteroatoms. The number of halogens is 3. The van der Waals surface area contributed by atoms with Crippen LogP contribution in [0.2, 0.25) is 0 Å². The van der Waals surface area contributed by atoms with Crippen molar-refractivity contribution in [2.24, 2.45) is 0 Å². The molecule has 0 aliphatic carbocycles. The molecule has 156 valence electrons. The monoisotopic (exact) mass is 432 g/mol. The number of hydrogen-bond donors (Lipinski definition) is 1. The van der Waals surface area contributed by atoms with E-state index >= 15 is 0 Å². The van der Waals surface area contributed by atoms with Gasteiger partial charge in [-0.2, -0.15) is 4.31 Å². The Kier molecular flexibility index (Phi) is 5.61. The largest absolute Gasteiger partial charge is 0.573 e. The summed E-state index contributed by atoms with van der Waals surface area (Å²) in [6.45, 7) is -0.157. The fraction of sp³-hybridized carbons (Fsp3) is 0.312. The zero-order chi connectivity index (χ0) is 21.2. The third-order valence-electron chi connectivity index (χ3n) is 4.15. The summed E-state index contributed by atoms with van der Waals surface area (Å²) in [6, 6.07) is 2.16. The van der Waals surface area contributed by atoms with Crippen LogP contribution in [0.1, 0.15) is 0 Å². The van der Waals surface area contributed by atoms with Crippen molar-refractivity contribution in [2.75, 3.05) is 24.5 Å². The van der Waals surface area contributed by atoms with E-state index in [9.17, 15) is 31.5 Å². The summed E-state index contributed by atoms with van der Waals surface area (Å²) in [6.07, 6.45) is -0.599. The highest BCUT2D eigenvalue weighted by Gasteiger charge is 2.40. The molecule has 1 N–H and O–H groups in total. The van der Waals surface area contributed by atoms with E-state index in [-0.39, 0.29) is 24.5 Å². The van der Waals surface area contributed by atoms with Crippen molar-refractivity contribution in [1.82, 2.24) is 14.3 Å². The lowest BCUT2D eigenvalue weighted by Crippen LogP contribution is -2.58. The number of piperazine rings is 1. The van der Waals surface area contributed by atoms with Gasteiger partial charge < -0.3 is 14.7 Å². The molecule has 2 heterocycles. The second-order valence-corrected chi connectivity index (χ2v) is 7.89. The number of carboxylic acid groups (broad SMARTS) is 1. The van der Waals surface area contributed by atoms with E-state index in [1.807, 2.05) is 0 Å². The number of nitrogens with zero attached hydrogens (tertiary/aromatic N) is 4. The van der Waals surface area contributed by atoms with E-state index in [0.717, 1.165) is 28.6 Å². The van der Waals surface area contributed by atoms with Crippen molar-refractivity contribution in [2.45, 2.75) is 17.3 Å². The van der Waals surface area contributed by atoms with E-state index in [2.05, 4.69) is 14.7 Å². The Morgan fingerprint density at radius 2 is 1.86 bits per heavy atom. The third-order valence-corrected chi connectivity index (χ3v) is 6.08. The van der Waals surface area contributed by atoms with Crippen molar-refractivity contribution < 1.29 is 36.2 Å². The lowest BCUT2D eigenvalue weighted by Gasteiger charge is -2.38. The van der Waals surface area contributed by atoms with Gasteiger partial charge in [0, 0.05) is 32.0 Å². The molecule has 1 aliphatic rings. The van der Waals surface area contributed by atoms with Crippen LogP contribution in [-0.4, -0.2) is 65.8 Å². The van der Waals surface area contributed by atoms with Crippen LogP contribution in [0.15, 0.2) is 47.8 Å². The van der Waals surface area contributed by atoms with Gasteiger partial charge in [-0.15, -0.1) is 13.2 Å². The molecule has 1 aromatic carbocycles. The van der Waals surface area contributed by atoms with Gasteiger partial charge in [0.1, 0.15) is 17.6 Å². The van der Waals surface area contributed by atoms with Gasteiger partial charge in [0.05, 0.1) is 11.1 Å². The molecule has 1 saturated heterocycles. The summed E-state index contributed by atoms with van der Waals surface area (Å²) >= 11 is 0. The van der Waals surface area contributed by atoms with E-state index in [0.29, 0.717) is 5.82 Å². The minimum absolute atomic E-state index is 0.156. The number of benzene rings is 1. The quantitative estimate of drug-likeness (QED) is 0.753. The van der Waals surface area contributed by atoms with Crippen LogP contribution in [0.3, 0.4) is 0 Å². The first-order chi connectivity index (χ1) is 13.6. The number of aliphatic carboxylic acids is 1. The van der Waals surface area contributed by atoms with E-state index < -0.39 is 34.1 Å². The average Bonchev–Trinajstić information content (AvgIpc) is 2.67. The lowest BCUT2D eigenvalue weighted by atomic mass is 10.2. The van der Waals surface area contributed by atoms with Crippen LogP contribution in [0.5, 0.6) is 5.75 Å². The third kappa shape index (κ3) is 4.74. The second kappa shape index (κ2) is 7.83. The molecule has 1 aliphatic heterocycles. The Hall–Kier alpha value is -2.93. The number of sulfonamides is 1. The molecule has 1 aromatic heterocycles. The number of hydrogen-bond acceptors (Lipinski definition) is 7. The minimum atomic E-state index is -4.91. The van der Waals surface area contributed by atoms with Crippen LogP contribution in [0, 0.1) is 0 Å². The maximum atomic E-state index is 12.9. The predicted molar refractivity (Wildman–Crippen MR) is 92.7 cm³/mol. The Bertz CT molecular complexity index is 970. The highest BCUT2D eigenvalue weighted by atomic mass is 32.2. The summed E-state index contributed by atoms with van der Waals surface area (Å²) in [5, 5.41) is 9.54. The predicted octanol–water partition coefficient (Wildman–Crippen LogP) is 1.34. The molecular formula is C16H15F3N4O5S. The van der Waals surface area contributed by atoms with Gasteiger partial charge >= 0.3 is 12.3 Å². The van der Waals surface area contributed by atoms with Gasteiger partial charge in [-0.05, 0) is 24.3 Å². The van der Waals surface area contributed by atoms with Crippen molar-refractivity contribution in [3.05, 3.63) is 42.9 Å². The first kappa shape index (κ1) is 20.8. The number of ether oxygens (including phenoxy) is 1. The highest BCUT2D eigenvalue weighted by Crippen LogP contribution is 2.27. The van der Waals surface area contributed by atoms with Gasteiger partial charge in [-0.1, -0.05) is 0 Å². The number of carboxylic acids is 1. The number of aromatic nitrogens is 2. The maximum Gasteiger partial charge on any atom is 0.573 e. The smallest absolute Gasteiger partial charge is 0.480 e. The van der Waals surface area contributed by atoms with Gasteiger partial charge in [0.2, 0.25) is 10.0 Å². The van der Waals surface area contributed by atoms with Crippen molar-refractivity contribution in [3.63, 3.8) is 0 Å².